The first-order valence-electron chi connectivity index (χ1n) is 5.25. The minimum absolute atomic E-state index is 0.151. The molecule has 4 nitrogen and oxygen atoms in total. The molecule has 1 amide bonds. The predicted octanol–water partition coefficient (Wildman–Crippen LogP) is 4.53. The Morgan fingerprint density at radius 1 is 1.10 bits per heavy atom. The van der Waals surface area contributed by atoms with E-state index in [-0.39, 0.29) is 32.1 Å². The van der Waals surface area contributed by atoms with Gasteiger partial charge in [0, 0.05) is 5.02 Å². The number of aromatic nitrogens is 1. The Labute approximate surface area is 134 Å². The van der Waals surface area contributed by atoms with Crippen molar-refractivity contribution in [3.63, 3.8) is 0 Å². The number of hydrogen-bond donors (Lipinski definition) is 2. The Kier molecular flexibility index (Phi) is 4.60. The lowest BCUT2D eigenvalue weighted by Crippen LogP contribution is -2.15. The van der Waals surface area contributed by atoms with Gasteiger partial charge in [0.25, 0.3) is 5.91 Å². The van der Waals surface area contributed by atoms with Crippen LogP contribution in [0.15, 0.2) is 24.4 Å². The standard InChI is InChI=1S/C12H7Cl4N3O/c13-5-1-7(14)11(8(15)2-5)19-12(20)6-3-10(16)18-4-9(6)17/h1-4H,17H2,(H,19,20). The number of nitrogens with zero attached hydrogens (tertiary/aromatic N) is 1. The van der Waals surface area contributed by atoms with Crippen molar-refractivity contribution < 1.29 is 4.79 Å². The molecule has 0 spiro atoms. The molecule has 0 atom stereocenters. The zero-order valence-electron chi connectivity index (χ0n) is 9.75. The lowest BCUT2D eigenvalue weighted by Gasteiger charge is -2.11. The van der Waals surface area contributed by atoms with E-state index >= 15 is 0 Å². The maximum Gasteiger partial charge on any atom is 0.258 e. The highest BCUT2D eigenvalue weighted by atomic mass is 35.5. The van der Waals surface area contributed by atoms with Crippen LogP contribution in [0.4, 0.5) is 11.4 Å². The summed E-state index contributed by atoms with van der Waals surface area (Å²) in [6.07, 6.45) is 1.29. The fraction of sp³-hybridized carbons (Fsp3) is 0. The van der Waals surface area contributed by atoms with Crippen molar-refractivity contribution in [1.29, 1.82) is 0 Å². The number of halogens is 4. The Hall–Kier alpha value is -1.20. The van der Waals surface area contributed by atoms with E-state index in [2.05, 4.69) is 10.3 Å². The van der Waals surface area contributed by atoms with E-state index in [9.17, 15) is 4.79 Å². The third-order valence-corrected chi connectivity index (χ3v) is 3.41. The van der Waals surface area contributed by atoms with Crippen LogP contribution in [0.2, 0.25) is 20.2 Å². The van der Waals surface area contributed by atoms with Crippen LogP contribution in [-0.4, -0.2) is 10.9 Å². The maximum atomic E-state index is 12.1. The Bertz CT molecular complexity index is 667. The third kappa shape index (κ3) is 3.27. The number of anilines is 2. The zero-order chi connectivity index (χ0) is 14.9. The summed E-state index contributed by atoms with van der Waals surface area (Å²) in [6, 6.07) is 4.28. The number of nitrogen functional groups attached to an aromatic ring is 1. The van der Waals surface area contributed by atoms with Crippen LogP contribution in [0.25, 0.3) is 0 Å². The van der Waals surface area contributed by atoms with Gasteiger partial charge in [0.1, 0.15) is 5.15 Å². The molecular formula is C12H7Cl4N3O. The first-order chi connectivity index (χ1) is 9.38. The highest BCUT2D eigenvalue weighted by Gasteiger charge is 2.15. The van der Waals surface area contributed by atoms with Gasteiger partial charge in [0.15, 0.2) is 0 Å². The molecule has 3 N–H and O–H groups in total. The molecule has 0 radical (unpaired) electrons. The Balaban J connectivity index is 2.35. The van der Waals surface area contributed by atoms with Crippen molar-refractivity contribution in [3.8, 4) is 0 Å². The number of rotatable bonds is 2. The van der Waals surface area contributed by atoms with E-state index in [4.69, 9.17) is 52.1 Å². The number of benzene rings is 1. The van der Waals surface area contributed by atoms with Gasteiger partial charge < -0.3 is 11.1 Å². The summed E-state index contributed by atoms with van der Waals surface area (Å²) in [7, 11) is 0. The van der Waals surface area contributed by atoms with Crippen molar-refractivity contribution in [2.45, 2.75) is 0 Å². The molecule has 2 rings (SSSR count). The zero-order valence-corrected chi connectivity index (χ0v) is 12.8. The smallest absolute Gasteiger partial charge is 0.258 e. The molecule has 0 aliphatic rings. The van der Waals surface area contributed by atoms with E-state index in [0.717, 1.165) is 0 Å². The van der Waals surface area contributed by atoms with Crippen molar-refractivity contribution in [2.75, 3.05) is 11.1 Å². The molecule has 104 valence electrons. The molecule has 0 saturated carbocycles. The molecule has 0 aliphatic carbocycles. The number of hydrogen-bond acceptors (Lipinski definition) is 3. The molecular weight excluding hydrogens is 344 g/mol. The van der Waals surface area contributed by atoms with E-state index in [1.165, 1.54) is 24.4 Å². The summed E-state index contributed by atoms with van der Waals surface area (Å²) >= 11 is 23.5. The van der Waals surface area contributed by atoms with Crippen LogP contribution >= 0.6 is 46.4 Å². The summed E-state index contributed by atoms with van der Waals surface area (Å²) < 4.78 is 0. The van der Waals surface area contributed by atoms with E-state index < -0.39 is 5.91 Å². The fourth-order valence-corrected chi connectivity index (χ4v) is 2.55. The predicted molar refractivity (Wildman–Crippen MR) is 83.1 cm³/mol. The van der Waals surface area contributed by atoms with Gasteiger partial charge >= 0.3 is 0 Å². The number of carbonyl (C=O) groups excluding carboxylic acids is 1. The first kappa shape index (κ1) is 15.2. The summed E-state index contributed by atoms with van der Waals surface area (Å²) in [5.41, 5.74) is 6.28. The maximum absolute atomic E-state index is 12.1. The molecule has 20 heavy (non-hydrogen) atoms. The average Bonchev–Trinajstić information content (AvgIpc) is 2.36. The normalized spacial score (nSPS) is 10.4. The van der Waals surface area contributed by atoms with Crippen LogP contribution in [-0.2, 0) is 0 Å². The fourth-order valence-electron chi connectivity index (χ4n) is 1.48. The molecule has 0 fully saturated rings. The third-order valence-electron chi connectivity index (χ3n) is 2.39. The van der Waals surface area contributed by atoms with E-state index in [1.807, 2.05) is 0 Å². The van der Waals surface area contributed by atoms with Gasteiger partial charge in [-0.1, -0.05) is 46.4 Å². The SMILES string of the molecule is Nc1cnc(Cl)cc1C(=O)Nc1c(Cl)cc(Cl)cc1Cl. The summed E-state index contributed by atoms with van der Waals surface area (Å²) in [6.45, 7) is 0. The van der Waals surface area contributed by atoms with E-state index in [0.29, 0.717) is 5.02 Å². The molecule has 8 heteroatoms. The average molecular weight is 351 g/mol. The van der Waals surface area contributed by atoms with Crippen LogP contribution in [0.5, 0.6) is 0 Å². The lowest BCUT2D eigenvalue weighted by molar-refractivity contribution is 0.102. The Morgan fingerprint density at radius 2 is 1.70 bits per heavy atom. The van der Waals surface area contributed by atoms with Gasteiger partial charge in [-0.15, -0.1) is 0 Å². The van der Waals surface area contributed by atoms with Crippen LogP contribution in [0, 0.1) is 0 Å². The summed E-state index contributed by atoms with van der Waals surface area (Å²) in [4.78, 5) is 15.9. The van der Waals surface area contributed by atoms with Crippen LogP contribution < -0.4 is 11.1 Å². The second-order valence-electron chi connectivity index (χ2n) is 3.79. The monoisotopic (exact) mass is 349 g/mol. The van der Waals surface area contributed by atoms with Gasteiger partial charge in [0.05, 0.1) is 33.2 Å². The number of nitrogens with two attached hydrogens (primary N) is 1. The van der Waals surface area contributed by atoms with Crippen molar-refractivity contribution in [2.24, 2.45) is 0 Å². The topological polar surface area (TPSA) is 68.0 Å². The van der Waals surface area contributed by atoms with E-state index in [1.54, 1.807) is 0 Å². The second kappa shape index (κ2) is 6.06. The highest BCUT2D eigenvalue weighted by Crippen LogP contribution is 2.34. The number of pyridine rings is 1. The molecule has 1 heterocycles. The van der Waals surface area contributed by atoms with Crippen LogP contribution in [0.1, 0.15) is 10.4 Å². The Morgan fingerprint density at radius 3 is 2.30 bits per heavy atom. The van der Waals surface area contributed by atoms with Gasteiger partial charge in [-0.2, -0.15) is 0 Å². The summed E-state index contributed by atoms with van der Waals surface area (Å²) in [5, 5.41) is 3.51. The van der Waals surface area contributed by atoms with Crippen molar-refractivity contribution in [3.05, 3.63) is 50.2 Å². The minimum atomic E-state index is -0.502. The van der Waals surface area contributed by atoms with Gasteiger partial charge in [-0.3, -0.25) is 4.79 Å². The number of carbonyl (C=O) groups is 1. The highest BCUT2D eigenvalue weighted by molar-refractivity contribution is 6.42. The molecule has 1 aromatic carbocycles. The van der Waals surface area contributed by atoms with Gasteiger partial charge in [-0.05, 0) is 18.2 Å². The van der Waals surface area contributed by atoms with Crippen molar-refractivity contribution in [1.82, 2.24) is 4.98 Å². The summed E-state index contributed by atoms with van der Waals surface area (Å²) in [5.74, 6) is -0.502. The van der Waals surface area contributed by atoms with Gasteiger partial charge in [0.2, 0.25) is 0 Å². The second-order valence-corrected chi connectivity index (χ2v) is 5.43. The van der Waals surface area contributed by atoms with Crippen molar-refractivity contribution >= 4 is 63.7 Å². The number of nitrogens with one attached hydrogen (secondary N) is 1. The number of amides is 1. The molecule has 0 saturated heterocycles. The lowest BCUT2D eigenvalue weighted by atomic mass is 10.2. The molecule has 0 aliphatic heterocycles. The molecule has 1 aromatic heterocycles. The minimum Gasteiger partial charge on any atom is -0.397 e. The molecule has 2 aromatic rings. The van der Waals surface area contributed by atoms with Crippen LogP contribution in [0.3, 0.4) is 0 Å². The molecule has 0 bridgehead atoms. The quantitative estimate of drug-likeness (QED) is 0.782. The largest absolute Gasteiger partial charge is 0.397 e. The first-order valence-corrected chi connectivity index (χ1v) is 6.76. The van der Waals surface area contributed by atoms with Gasteiger partial charge in [-0.25, -0.2) is 4.98 Å². The molecule has 0 unspecified atom stereocenters.